The van der Waals surface area contributed by atoms with Crippen LogP contribution in [0.4, 0.5) is 0 Å². The highest BCUT2D eigenvalue weighted by Gasteiger charge is 2.49. The van der Waals surface area contributed by atoms with Gasteiger partial charge in [-0.3, -0.25) is 0 Å². The summed E-state index contributed by atoms with van der Waals surface area (Å²) in [6.07, 6.45) is -17.2. The summed E-state index contributed by atoms with van der Waals surface area (Å²) < 4.78 is 21.2. The average molecular weight is 655 g/mol. The SMILES string of the molecule is C[C@H](Cc1ccc(O)c(O[C@@H]2O[C@H](C(=O)O)[C@@H](O)[C@H](O)[C@H]2O)c1)[C@@H](C)Cc1ccc(O[C@@H]2O[C@H](C(=O)O)[C@@H](O)[C@H](O)[C@H]2O)c(O)c1. The summed E-state index contributed by atoms with van der Waals surface area (Å²) in [5, 5.41) is 99.5. The Morgan fingerprint density at radius 3 is 1.52 bits per heavy atom. The molecule has 12 atom stereocenters. The van der Waals surface area contributed by atoms with Gasteiger partial charge in [-0.25, -0.2) is 9.59 Å². The number of aromatic hydroxyl groups is 2. The van der Waals surface area contributed by atoms with E-state index in [4.69, 9.17) is 18.9 Å². The van der Waals surface area contributed by atoms with Gasteiger partial charge in [0.2, 0.25) is 12.6 Å². The standard InChI is InChI=1S/C30H38O16/c1-11(7-13-4-6-17(16(32)9-13)43-29-23(37)19(33)21(35)25(45-29)27(39)40)12(2)8-14-3-5-15(31)18(10-14)44-30-24(38)20(34)22(36)26(46-30)28(41)42/h3-6,9-12,19-26,29-38H,7-8H2,1-2H3,(H,39,40)(H,41,42)/t11-,12+,19-,20-,21-,22-,23+,24+,25-,26-,29+,30+/m0/s1. The van der Waals surface area contributed by atoms with Crippen LogP contribution in [0.1, 0.15) is 25.0 Å². The average Bonchev–Trinajstić information content (AvgIpc) is 2.99. The first kappa shape index (κ1) is 35.1. The predicted octanol–water partition coefficient (Wildman–Crippen LogP) is -1.30. The van der Waals surface area contributed by atoms with Gasteiger partial charge in [-0.15, -0.1) is 0 Å². The van der Waals surface area contributed by atoms with E-state index in [9.17, 15) is 60.7 Å². The van der Waals surface area contributed by atoms with E-state index in [1.165, 1.54) is 24.3 Å². The highest BCUT2D eigenvalue weighted by atomic mass is 16.7. The Labute approximate surface area is 262 Å². The maximum atomic E-state index is 11.4. The molecule has 0 aromatic heterocycles. The number of phenols is 2. The molecule has 0 bridgehead atoms. The number of phenolic OH excluding ortho intramolecular Hbond substituents is 2. The predicted molar refractivity (Wildman–Crippen MR) is 152 cm³/mol. The van der Waals surface area contributed by atoms with Gasteiger partial charge in [-0.05, 0) is 60.1 Å². The number of aliphatic carboxylic acids is 2. The lowest BCUT2D eigenvalue weighted by Gasteiger charge is -2.38. The minimum atomic E-state index is -1.89. The van der Waals surface area contributed by atoms with Crippen molar-refractivity contribution in [3.05, 3.63) is 47.5 Å². The summed E-state index contributed by atoms with van der Waals surface area (Å²) >= 11 is 0. The largest absolute Gasteiger partial charge is 0.504 e. The van der Waals surface area contributed by atoms with Crippen molar-refractivity contribution in [1.82, 2.24) is 0 Å². The van der Waals surface area contributed by atoms with E-state index in [-0.39, 0.29) is 34.8 Å². The highest BCUT2D eigenvalue weighted by Crippen LogP contribution is 2.35. The molecule has 2 aliphatic heterocycles. The smallest absolute Gasteiger partial charge is 0.335 e. The molecule has 2 heterocycles. The first-order chi connectivity index (χ1) is 21.6. The van der Waals surface area contributed by atoms with Gasteiger partial charge in [-0.1, -0.05) is 26.0 Å². The molecule has 4 rings (SSSR count). The first-order valence-electron chi connectivity index (χ1n) is 14.4. The van der Waals surface area contributed by atoms with Crippen molar-refractivity contribution in [1.29, 1.82) is 0 Å². The molecule has 16 nitrogen and oxygen atoms in total. The number of ether oxygens (including phenoxy) is 4. The molecule has 2 saturated heterocycles. The molecular formula is C30H38O16. The van der Waals surface area contributed by atoms with Crippen molar-refractivity contribution < 1.29 is 79.6 Å². The quantitative estimate of drug-likeness (QED) is 0.135. The van der Waals surface area contributed by atoms with Crippen LogP contribution in [-0.4, -0.2) is 124 Å². The van der Waals surface area contributed by atoms with Crippen LogP contribution in [0.25, 0.3) is 0 Å². The Bertz CT molecular complexity index is 1380. The van der Waals surface area contributed by atoms with Crippen molar-refractivity contribution in [2.45, 2.75) is 88.1 Å². The maximum Gasteiger partial charge on any atom is 0.335 e. The fraction of sp³-hybridized carbons (Fsp3) is 0.533. The van der Waals surface area contributed by atoms with Gasteiger partial charge in [-0.2, -0.15) is 0 Å². The molecule has 16 heteroatoms. The molecular weight excluding hydrogens is 616 g/mol. The van der Waals surface area contributed by atoms with Crippen LogP contribution in [0.15, 0.2) is 36.4 Å². The number of carboxylic acids is 2. The van der Waals surface area contributed by atoms with Gasteiger partial charge >= 0.3 is 11.9 Å². The van der Waals surface area contributed by atoms with E-state index in [1.807, 2.05) is 13.8 Å². The van der Waals surface area contributed by atoms with Gasteiger partial charge < -0.3 is 70.0 Å². The van der Waals surface area contributed by atoms with E-state index in [2.05, 4.69) is 0 Å². The van der Waals surface area contributed by atoms with Crippen LogP contribution in [0.5, 0.6) is 23.0 Å². The molecule has 2 aromatic rings. The molecule has 2 fully saturated rings. The van der Waals surface area contributed by atoms with Crippen molar-refractivity contribution in [2.24, 2.45) is 11.8 Å². The molecule has 2 aliphatic rings. The van der Waals surface area contributed by atoms with E-state index in [1.54, 1.807) is 12.1 Å². The van der Waals surface area contributed by atoms with Crippen molar-refractivity contribution in [3.8, 4) is 23.0 Å². The number of carboxylic acid groups (broad SMARTS) is 2. The maximum absolute atomic E-state index is 11.4. The number of benzene rings is 2. The lowest BCUT2D eigenvalue weighted by Crippen LogP contribution is -2.61. The first-order valence-corrected chi connectivity index (χ1v) is 14.4. The topological polar surface area (TPSA) is 273 Å². The fourth-order valence-corrected chi connectivity index (χ4v) is 5.26. The Hall–Kier alpha value is -3.74. The normalized spacial score (nSPS) is 32.7. The molecule has 0 radical (unpaired) electrons. The highest BCUT2D eigenvalue weighted by molar-refractivity contribution is 5.74. The van der Waals surface area contributed by atoms with Gasteiger partial charge in [0.25, 0.3) is 0 Å². The van der Waals surface area contributed by atoms with Crippen LogP contribution < -0.4 is 9.47 Å². The van der Waals surface area contributed by atoms with Crippen molar-refractivity contribution >= 4 is 11.9 Å². The van der Waals surface area contributed by atoms with Gasteiger partial charge in [0.05, 0.1) is 0 Å². The number of hydrogen-bond acceptors (Lipinski definition) is 14. The van der Waals surface area contributed by atoms with E-state index < -0.39 is 73.4 Å². The molecule has 2 aromatic carbocycles. The minimum absolute atomic E-state index is 0.0204. The van der Waals surface area contributed by atoms with Crippen molar-refractivity contribution in [2.75, 3.05) is 0 Å². The molecule has 0 unspecified atom stereocenters. The van der Waals surface area contributed by atoms with Crippen LogP contribution >= 0.6 is 0 Å². The number of aliphatic hydroxyl groups is 6. The van der Waals surface area contributed by atoms with Crippen LogP contribution in [0, 0.1) is 11.8 Å². The zero-order chi connectivity index (χ0) is 34.0. The lowest BCUT2D eigenvalue weighted by molar-refractivity contribution is -0.271. The Morgan fingerprint density at radius 2 is 1.07 bits per heavy atom. The minimum Gasteiger partial charge on any atom is -0.504 e. The number of hydrogen-bond donors (Lipinski definition) is 10. The third kappa shape index (κ3) is 7.62. The summed E-state index contributed by atoms with van der Waals surface area (Å²) in [5.74, 6) is -4.06. The zero-order valence-corrected chi connectivity index (χ0v) is 24.7. The Balaban J connectivity index is 1.38. The fourth-order valence-electron chi connectivity index (χ4n) is 5.26. The molecule has 10 N–H and O–H groups in total. The number of rotatable bonds is 11. The summed E-state index contributed by atoms with van der Waals surface area (Å²) in [4.78, 5) is 22.7. The summed E-state index contributed by atoms with van der Waals surface area (Å²) in [5.41, 5.74) is 1.41. The van der Waals surface area contributed by atoms with Gasteiger partial charge in [0.1, 0.15) is 36.6 Å². The van der Waals surface area contributed by atoms with E-state index >= 15 is 0 Å². The third-order valence-electron chi connectivity index (χ3n) is 8.25. The second kappa shape index (κ2) is 14.4. The molecule has 0 amide bonds. The van der Waals surface area contributed by atoms with Crippen LogP contribution in [-0.2, 0) is 31.9 Å². The second-order valence-electron chi connectivity index (χ2n) is 11.7. The molecule has 0 spiro atoms. The molecule has 254 valence electrons. The lowest BCUT2D eigenvalue weighted by atomic mass is 9.85. The van der Waals surface area contributed by atoms with Gasteiger partial charge in [0.15, 0.2) is 35.2 Å². The van der Waals surface area contributed by atoms with Crippen LogP contribution in [0.3, 0.4) is 0 Å². The Morgan fingerprint density at radius 1 is 0.630 bits per heavy atom. The molecule has 0 saturated carbocycles. The summed E-state index contributed by atoms with van der Waals surface area (Å²) in [6.45, 7) is 3.94. The third-order valence-corrected chi connectivity index (χ3v) is 8.25. The van der Waals surface area contributed by atoms with Crippen LogP contribution in [0.2, 0.25) is 0 Å². The number of carbonyl (C=O) groups is 2. The number of aliphatic hydroxyl groups excluding tert-OH is 6. The van der Waals surface area contributed by atoms with E-state index in [0.29, 0.717) is 24.0 Å². The second-order valence-corrected chi connectivity index (χ2v) is 11.7. The molecule has 0 aliphatic carbocycles. The summed E-state index contributed by atoms with van der Waals surface area (Å²) in [6, 6.07) is 8.93. The summed E-state index contributed by atoms with van der Waals surface area (Å²) in [7, 11) is 0. The van der Waals surface area contributed by atoms with E-state index in [0.717, 1.165) is 0 Å². The molecule has 46 heavy (non-hydrogen) atoms. The Kier molecular flexibility index (Phi) is 11.0. The zero-order valence-electron chi connectivity index (χ0n) is 24.7. The van der Waals surface area contributed by atoms with Gasteiger partial charge in [0, 0.05) is 0 Å². The monoisotopic (exact) mass is 654 g/mol. The van der Waals surface area contributed by atoms with Crippen molar-refractivity contribution in [3.63, 3.8) is 0 Å².